The molecule has 110 valence electrons. The number of nitrogens with one attached hydrogen (secondary N) is 1. The zero-order valence-electron chi connectivity index (χ0n) is 11.4. The third-order valence-corrected chi connectivity index (χ3v) is 2.69. The van der Waals surface area contributed by atoms with Crippen LogP contribution in [0.3, 0.4) is 0 Å². The molecule has 1 aromatic carbocycles. The summed E-state index contributed by atoms with van der Waals surface area (Å²) < 4.78 is 10.1. The van der Waals surface area contributed by atoms with Crippen LogP contribution in [0.15, 0.2) is 24.3 Å². The highest BCUT2D eigenvalue weighted by Gasteiger charge is 2.05. The number of rotatable bonds is 8. The summed E-state index contributed by atoms with van der Waals surface area (Å²) in [6, 6.07) is 7.21. The van der Waals surface area contributed by atoms with E-state index in [0.717, 1.165) is 5.56 Å². The number of ether oxygens (including phenoxy) is 2. The van der Waals surface area contributed by atoms with E-state index in [4.69, 9.17) is 21.1 Å². The molecule has 0 saturated heterocycles. The topological polar surface area (TPSA) is 64.6 Å². The van der Waals surface area contributed by atoms with Gasteiger partial charge in [0, 0.05) is 12.4 Å². The molecule has 0 saturated carbocycles. The molecule has 0 heterocycles. The second kappa shape index (κ2) is 9.20. The van der Waals surface area contributed by atoms with Gasteiger partial charge in [0.05, 0.1) is 13.0 Å². The maximum Gasteiger partial charge on any atom is 0.307 e. The highest BCUT2D eigenvalue weighted by Crippen LogP contribution is 2.14. The van der Waals surface area contributed by atoms with Crippen molar-refractivity contribution < 1.29 is 19.1 Å². The number of carbonyl (C=O) groups is 2. The number of benzene rings is 1. The highest BCUT2D eigenvalue weighted by molar-refractivity contribution is 6.17. The first-order valence-electron chi connectivity index (χ1n) is 6.35. The Morgan fingerprint density at radius 3 is 2.85 bits per heavy atom. The number of hydrogen-bond donors (Lipinski definition) is 1. The van der Waals surface area contributed by atoms with Crippen LogP contribution >= 0.6 is 11.6 Å². The predicted octanol–water partition coefficient (Wildman–Crippen LogP) is 1.87. The molecule has 1 N–H and O–H groups in total. The Hall–Kier alpha value is -1.75. The fraction of sp³-hybridized carbons (Fsp3) is 0.429. The third kappa shape index (κ3) is 6.43. The van der Waals surface area contributed by atoms with Crippen LogP contribution in [0.5, 0.6) is 5.75 Å². The SMILES string of the molecule is CCOC(=O)CCNC(=O)COc1cccc(CCl)c1. The van der Waals surface area contributed by atoms with Gasteiger partial charge in [-0.25, -0.2) is 0 Å². The molecule has 0 atom stereocenters. The molecule has 20 heavy (non-hydrogen) atoms. The van der Waals surface area contributed by atoms with Crippen LogP contribution in [-0.2, 0) is 20.2 Å². The van der Waals surface area contributed by atoms with Gasteiger partial charge in [0.15, 0.2) is 6.61 Å². The number of amides is 1. The Labute approximate surface area is 123 Å². The Bertz CT molecular complexity index is 451. The highest BCUT2D eigenvalue weighted by atomic mass is 35.5. The van der Waals surface area contributed by atoms with Gasteiger partial charge in [-0.1, -0.05) is 12.1 Å². The molecule has 0 aliphatic rings. The molecule has 0 aromatic heterocycles. The van der Waals surface area contributed by atoms with E-state index in [2.05, 4.69) is 5.32 Å². The molecule has 0 aliphatic carbocycles. The molecule has 5 nitrogen and oxygen atoms in total. The standard InChI is InChI=1S/C14H18ClNO4/c1-2-19-14(18)6-7-16-13(17)10-20-12-5-3-4-11(8-12)9-15/h3-5,8H,2,6-7,9-10H2,1H3,(H,16,17). The Morgan fingerprint density at radius 1 is 1.35 bits per heavy atom. The largest absolute Gasteiger partial charge is 0.484 e. The van der Waals surface area contributed by atoms with E-state index in [9.17, 15) is 9.59 Å². The summed E-state index contributed by atoms with van der Waals surface area (Å²) in [4.78, 5) is 22.6. The molecule has 1 rings (SSSR count). The minimum absolute atomic E-state index is 0.103. The van der Waals surface area contributed by atoms with E-state index >= 15 is 0 Å². The van der Waals surface area contributed by atoms with Crippen molar-refractivity contribution in [3.63, 3.8) is 0 Å². The molecule has 0 aliphatic heterocycles. The zero-order valence-corrected chi connectivity index (χ0v) is 12.1. The van der Waals surface area contributed by atoms with Crippen molar-refractivity contribution in [3.05, 3.63) is 29.8 Å². The first-order chi connectivity index (χ1) is 9.65. The lowest BCUT2D eigenvalue weighted by Gasteiger charge is -2.08. The first-order valence-corrected chi connectivity index (χ1v) is 6.89. The summed E-state index contributed by atoms with van der Waals surface area (Å²) >= 11 is 5.71. The fourth-order valence-electron chi connectivity index (χ4n) is 1.46. The minimum Gasteiger partial charge on any atom is -0.484 e. The van der Waals surface area contributed by atoms with Crippen LogP contribution in [0.2, 0.25) is 0 Å². The average molecular weight is 300 g/mol. The van der Waals surface area contributed by atoms with Crippen molar-refractivity contribution in [1.29, 1.82) is 0 Å². The van der Waals surface area contributed by atoms with Crippen molar-refractivity contribution in [2.24, 2.45) is 0 Å². The Kier molecular flexibility index (Phi) is 7.50. The average Bonchev–Trinajstić information content (AvgIpc) is 2.45. The predicted molar refractivity (Wildman–Crippen MR) is 75.8 cm³/mol. The monoisotopic (exact) mass is 299 g/mol. The van der Waals surface area contributed by atoms with Crippen molar-refractivity contribution >= 4 is 23.5 Å². The van der Waals surface area contributed by atoms with E-state index in [1.54, 1.807) is 19.1 Å². The smallest absolute Gasteiger partial charge is 0.307 e. The quantitative estimate of drug-likeness (QED) is 0.588. The molecule has 1 amide bonds. The molecule has 6 heteroatoms. The lowest BCUT2D eigenvalue weighted by Crippen LogP contribution is -2.31. The molecule has 0 unspecified atom stereocenters. The Balaban J connectivity index is 2.24. The summed E-state index contributed by atoms with van der Waals surface area (Å²) in [5.74, 6) is 0.362. The fourth-order valence-corrected chi connectivity index (χ4v) is 1.62. The van der Waals surface area contributed by atoms with Gasteiger partial charge < -0.3 is 14.8 Å². The van der Waals surface area contributed by atoms with Crippen LogP contribution in [-0.4, -0.2) is 31.6 Å². The van der Waals surface area contributed by atoms with Gasteiger partial charge in [-0.3, -0.25) is 9.59 Å². The van der Waals surface area contributed by atoms with Crippen LogP contribution in [0, 0.1) is 0 Å². The number of halogens is 1. The molecule has 0 fully saturated rings. The Morgan fingerprint density at radius 2 is 2.15 bits per heavy atom. The van der Waals surface area contributed by atoms with Crippen LogP contribution in [0.4, 0.5) is 0 Å². The summed E-state index contributed by atoms with van der Waals surface area (Å²) in [6.45, 7) is 2.21. The van der Waals surface area contributed by atoms with Gasteiger partial charge in [0.2, 0.25) is 0 Å². The van der Waals surface area contributed by atoms with E-state index in [1.807, 2.05) is 12.1 Å². The summed E-state index contributed by atoms with van der Waals surface area (Å²) in [7, 11) is 0. The van der Waals surface area contributed by atoms with Crippen molar-refractivity contribution in [1.82, 2.24) is 5.32 Å². The summed E-state index contributed by atoms with van der Waals surface area (Å²) in [6.07, 6.45) is 0.154. The van der Waals surface area contributed by atoms with E-state index in [1.165, 1.54) is 0 Å². The first kappa shape index (κ1) is 16.3. The van der Waals surface area contributed by atoms with E-state index in [-0.39, 0.29) is 31.4 Å². The maximum atomic E-state index is 11.5. The number of hydrogen-bond acceptors (Lipinski definition) is 4. The van der Waals surface area contributed by atoms with Gasteiger partial charge >= 0.3 is 5.97 Å². The zero-order chi connectivity index (χ0) is 14.8. The molecule has 0 spiro atoms. The lowest BCUT2D eigenvalue weighted by molar-refractivity contribution is -0.143. The van der Waals surface area contributed by atoms with Crippen molar-refractivity contribution in [2.45, 2.75) is 19.2 Å². The molecular formula is C14H18ClNO4. The van der Waals surface area contributed by atoms with Crippen LogP contribution in [0.1, 0.15) is 18.9 Å². The van der Waals surface area contributed by atoms with Crippen LogP contribution < -0.4 is 10.1 Å². The van der Waals surface area contributed by atoms with Gasteiger partial charge in [0.1, 0.15) is 5.75 Å². The molecule has 0 bridgehead atoms. The minimum atomic E-state index is -0.330. The number of esters is 1. The van der Waals surface area contributed by atoms with Gasteiger partial charge in [0.25, 0.3) is 5.91 Å². The molecule has 0 radical (unpaired) electrons. The molecule has 1 aromatic rings. The number of alkyl halides is 1. The summed E-state index contributed by atoms with van der Waals surface area (Å²) in [5.41, 5.74) is 0.923. The lowest BCUT2D eigenvalue weighted by atomic mass is 10.2. The van der Waals surface area contributed by atoms with Gasteiger partial charge in [-0.15, -0.1) is 11.6 Å². The second-order valence-electron chi connectivity index (χ2n) is 3.97. The summed E-state index contributed by atoms with van der Waals surface area (Å²) in [5, 5.41) is 2.58. The third-order valence-electron chi connectivity index (χ3n) is 2.38. The van der Waals surface area contributed by atoms with E-state index in [0.29, 0.717) is 18.2 Å². The van der Waals surface area contributed by atoms with Crippen LogP contribution in [0.25, 0.3) is 0 Å². The normalized spacial score (nSPS) is 9.90. The van der Waals surface area contributed by atoms with Crippen molar-refractivity contribution in [3.8, 4) is 5.75 Å². The van der Waals surface area contributed by atoms with Crippen molar-refractivity contribution in [2.75, 3.05) is 19.8 Å². The van der Waals surface area contributed by atoms with Gasteiger partial charge in [-0.2, -0.15) is 0 Å². The van der Waals surface area contributed by atoms with Gasteiger partial charge in [-0.05, 0) is 24.6 Å². The maximum absolute atomic E-state index is 11.5. The molecular weight excluding hydrogens is 282 g/mol. The van der Waals surface area contributed by atoms with E-state index < -0.39 is 0 Å². The second-order valence-corrected chi connectivity index (χ2v) is 4.24. The number of carbonyl (C=O) groups excluding carboxylic acids is 2.